The van der Waals surface area contributed by atoms with E-state index in [-0.39, 0.29) is 31.0 Å². The molecule has 2 rings (SSSR count). The lowest BCUT2D eigenvalue weighted by Crippen LogP contribution is -2.36. The highest BCUT2D eigenvalue weighted by atomic mass is 31.3. The van der Waals surface area contributed by atoms with Crippen LogP contribution in [0.25, 0.3) is 0 Å². The van der Waals surface area contributed by atoms with Gasteiger partial charge in [-0.2, -0.15) is 4.98 Å². The van der Waals surface area contributed by atoms with Crippen molar-refractivity contribution in [2.45, 2.75) is 224 Å². The van der Waals surface area contributed by atoms with E-state index in [4.69, 9.17) is 29.0 Å². The van der Waals surface area contributed by atoms with Crippen LogP contribution in [-0.2, 0) is 46.3 Å². The van der Waals surface area contributed by atoms with Gasteiger partial charge in [0.05, 0.1) is 21.0 Å². The number of aliphatic hydroxyl groups excluding tert-OH is 2. The molecule has 1 aliphatic heterocycles. The molecule has 1 fully saturated rings. The Morgan fingerprint density at radius 1 is 0.714 bits per heavy atom. The fourth-order valence-corrected chi connectivity index (χ4v) is 9.67. The quantitative estimate of drug-likeness (QED) is 0.0176. The van der Waals surface area contributed by atoms with Gasteiger partial charge >= 0.3 is 25.5 Å². The molecule has 1 aromatic rings. The Balaban J connectivity index is 0.0000238. The maximum absolute atomic E-state index is 13.6. The molecule has 70 heavy (non-hydrogen) atoms. The Kier molecular flexibility index (Phi) is 39.0. The van der Waals surface area contributed by atoms with Crippen molar-refractivity contribution in [2.24, 2.45) is 0 Å². The number of carbonyl (C=O) groups is 2. The molecule has 0 amide bonds. The summed E-state index contributed by atoms with van der Waals surface area (Å²) in [6, 6.07) is 1.24. The summed E-state index contributed by atoms with van der Waals surface area (Å²) >= 11 is 0. The number of nitrogens with zero attached hydrogens (tertiary/aromatic N) is 2. The molecular weight excluding hydrogens is 948 g/mol. The van der Waals surface area contributed by atoms with Crippen LogP contribution in [0.2, 0.25) is 0 Å². The molecule has 12 N–H and O–H groups in total. The summed E-state index contributed by atoms with van der Waals surface area (Å²) in [6.07, 6.45) is 30.4. The highest BCUT2D eigenvalue weighted by Gasteiger charge is 2.46. The Morgan fingerprint density at radius 2 is 1.17 bits per heavy atom. The SMILES string of the molecule is CCCCCCCC/C=C/CCCCCCCC(=O)OCC(COP(=O)(OCC1OC(n2ccc(N)nc2=O)C(O)C1O)OP(=O)([O-])[O-])OC(=O)CCCCCCC/C=C/CCCCCCCC.[NH4+].[NH4+]. The van der Waals surface area contributed by atoms with E-state index < -0.39 is 83.7 Å². The van der Waals surface area contributed by atoms with Gasteiger partial charge in [0.25, 0.3) is 0 Å². The Labute approximate surface area is 417 Å². The van der Waals surface area contributed by atoms with E-state index in [1.807, 2.05) is 0 Å². The fraction of sp³-hybridized carbons (Fsp3) is 0.792. The monoisotopic (exact) mass is 1040 g/mol. The summed E-state index contributed by atoms with van der Waals surface area (Å²) in [5, 5.41) is 21.2. The van der Waals surface area contributed by atoms with Crippen LogP contribution in [0.5, 0.6) is 0 Å². The number of phosphoric ester groups is 1. The number of hydrogen-bond donors (Lipinski definition) is 5. The number of phosphoric acid groups is 2. The van der Waals surface area contributed by atoms with Gasteiger partial charge in [0.2, 0.25) is 0 Å². The second-order valence-corrected chi connectivity index (χ2v) is 20.6. The minimum Gasteiger partial charge on any atom is -0.789 e. The van der Waals surface area contributed by atoms with E-state index >= 15 is 0 Å². The lowest BCUT2D eigenvalue weighted by Gasteiger charge is -2.32. The number of quaternary nitrogens is 2. The van der Waals surface area contributed by atoms with Crippen molar-refractivity contribution in [2.75, 3.05) is 25.6 Å². The summed E-state index contributed by atoms with van der Waals surface area (Å²) in [5.41, 5.74) is 4.59. The van der Waals surface area contributed by atoms with Gasteiger partial charge in [-0.25, -0.2) is 9.36 Å². The first kappa shape index (κ1) is 67.2. The summed E-state index contributed by atoms with van der Waals surface area (Å²) in [4.78, 5) is 64.9. The second-order valence-electron chi connectivity index (χ2n) is 17.6. The fourth-order valence-electron chi connectivity index (χ4n) is 7.56. The number of allylic oxidation sites excluding steroid dienone is 4. The van der Waals surface area contributed by atoms with Crippen LogP contribution in [0.1, 0.15) is 200 Å². The lowest BCUT2D eigenvalue weighted by molar-refractivity contribution is -0.335. The third kappa shape index (κ3) is 32.3. The van der Waals surface area contributed by atoms with E-state index in [1.54, 1.807) is 0 Å². The van der Waals surface area contributed by atoms with E-state index in [0.29, 0.717) is 12.8 Å². The standard InChI is InChI=1S/C48H85N3O15P2.2H3N/c1-3-5-7-9-11-13-15-17-19-21-23-25-27-29-31-33-43(52)61-37-40(64-44(53)34-32-30-28-26-24-22-20-18-16-14-12-10-8-6-4-2)38-62-68(60,66-67(57,58)59)63-39-41-45(54)46(55)47(65-41)51-36-35-42(49)50-48(51)56;;/h17-20,35-36,40-41,45-47,54-55H,3-16,21-34,37-39H2,1-2H3,(H2,49,50,56)(H2,57,58,59);2*1H3/b19-17+,20-18+;;. The van der Waals surface area contributed by atoms with Crippen LogP contribution in [-0.4, -0.2) is 75.9 Å². The molecule has 2 heterocycles. The summed E-state index contributed by atoms with van der Waals surface area (Å²) in [5.74, 6) is -1.39. The largest absolute Gasteiger partial charge is 0.789 e. The maximum atomic E-state index is 13.6. The number of ether oxygens (including phenoxy) is 3. The molecule has 0 bridgehead atoms. The van der Waals surface area contributed by atoms with Gasteiger partial charge in [-0.1, -0.05) is 141 Å². The van der Waals surface area contributed by atoms with Gasteiger partial charge in [0.1, 0.15) is 30.7 Å². The lowest BCUT2D eigenvalue weighted by atomic mass is 10.1. The van der Waals surface area contributed by atoms with Crippen molar-refractivity contribution < 1.29 is 66.3 Å². The van der Waals surface area contributed by atoms with Gasteiger partial charge in [0.15, 0.2) is 12.3 Å². The first-order valence-corrected chi connectivity index (χ1v) is 28.2. The van der Waals surface area contributed by atoms with Gasteiger partial charge < -0.3 is 56.8 Å². The Hall–Kier alpha value is -2.84. The Morgan fingerprint density at radius 3 is 1.64 bits per heavy atom. The third-order valence-electron chi connectivity index (χ3n) is 11.5. The number of unbranched alkanes of at least 4 members (excludes halogenated alkanes) is 22. The summed E-state index contributed by atoms with van der Waals surface area (Å²) in [7, 11) is -11.5. The molecule has 20 nitrogen and oxygen atoms in total. The average Bonchev–Trinajstić information content (AvgIpc) is 3.57. The number of carbonyl (C=O) groups excluding carboxylic acids is 2. The maximum Gasteiger partial charge on any atom is 0.478 e. The van der Waals surface area contributed by atoms with Crippen LogP contribution in [0.15, 0.2) is 41.4 Å². The number of anilines is 1. The molecule has 0 radical (unpaired) electrons. The van der Waals surface area contributed by atoms with Crippen LogP contribution in [0.3, 0.4) is 0 Å². The number of aliphatic hydroxyl groups is 2. The highest BCUT2D eigenvalue weighted by Crippen LogP contribution is 2.58. The van der Waals surface area contributed by atoms with E-state index in [1.165, 1.54) is 83.1 Å². The number of hydrogen-bond acceptors (Lipinski definition) is 17. The molecule has 0 saturated carbocycles. The molecule has 0 aliphatic carbocycles. The second kappa shape index (κ2) is 40.6. The van der Waals surface area contributed by atoms with Crippen LogP contribution in [0, 0.1) is 0 Å². The van der Waals surface area contributed by atoms with Gasteiger partial charge in [0, 0.05) is 19.0 Å². The van der Waals surface area contributed by atoms with Crippen molar-refractivity contribution in [3.63, 3.8) is 0 Å². The number of nitrogen functional groups attached to an aromatic ring is 1. The first-order valence-electron chi connectivity index (χ1n) is 25.3. The number of esters is 2. The topological polar surface area (TPSA) is 344 Å². The van der Waals surface area contributed by atoms with Gasteiger partial charge in [-0.3, -0.25) is 27.5 Å². The molecule has 6 unspecified atom stereocenters. The molecule has 1 aliphatic rings. The molecule has 6 atom stereocenters. The molecule has 1 saturated heterocycles. The third-order valence-corrected chi connectivity index (χ3v) is 14.0. The normalized spacial score (nSPS) is 18.4. The minimum absolute atomic E-state index is 0. The number of nitrogens with two attached hydrogens (primary N) is 1. The van der Waals surface area contributed by atoms with Crippen molar-refractivity contribution in [1.29, 1.82) is 0 Å². The Bertz CT molecular complexity index is 1730. The molecular formula is C48H91N5O15P2. The van der Waals surface area contributed by atoms with Crippen molar-refractivity contribution in [3.8, 4) is 0 Å². The summed E-state index contributed by atoms with van der Waals surface area (Å²) < 4.78 is 56.9. The van der Waals surface area contributed by atoms with Crippen LogP contribution in [0.4, 0.5) is 5.82 Å². The zero-order chi connectivity index (χ0) is 49.9. The van der Waals surface area contributed by atoms with Crippen molar-refractivity contribution in [1.82, 2.24) is 21.9 Å². The van der Waals surface area contributed by atoms with Crippen LogP contribution >= 0.6 is 15.6 Å². The predicted molar refractivity (Wildman–Crippen MR) is 269 cm³/mol. The molecule has 408 valence electrons. The smallest absolute Gasteiger partial charge is 0.478 e. The van der Waals surface area contributed by atoms with Crippen molar-refractivity contribution in [3.05, 3.63) is 47.1 Å². The molecule has 22 heteroatoms. The zero-order valence-corrected chi connectivity index (χ0v) is 44.6. The number of aromatic nitrogens is 2. The van der Waals surface area contributed by atoms with Gasteiger partial charge in [-0.05, 0) is 70.3 Å². The molecule has 0 aromatic carbocycles. The summed E-state index contributed by atoms with van der Waals surface area (Å²) in [6.45, 7) is 2.00. The van der Waals surface area contributed by atoms with E-state index in [0.717, 1.165) is 87.8 Å². The van der Waals surface area contributed by atoms with Crippen LogP contribution < -0.4 is 33.5 Å². The predicted octanol–water partition coefficient (Wildman–Crippen LogP) is 9.71. The van der Waals surface area contributed by atoms with E-state index in [2.05, 4.69) is 47.4 Å². The van der Waals surface area contributed by atoms with E-state index in [9.17, 15) is 43.5 Å². The molecule has 0 spiro atoms. The minimum atomic E-state index is -6.07. The average molecular weight is 1040 g/mol. The van der Waals surface area contributed by atoms with Gasteiger partial charge in [-0.15, -0.1) is 0 Å². The highest BCUT2D eigenvalue weighted by molar-refractivity contribution is 7.60. The van der Waals surface area contributed by atoms with Crippen molar-refractivity contribution >= 4 is 33.4 Å². The molecule has 1 aromatic heterocycles. The first-order chi connectivity index (χ1) is 32.7. The number of rotatable bonds is 42. The zero-order valence-electron chi connectivity index (χ0n) is 42.8.